The minimum Gasteiger partial charge on any atom is -0.507 e. The summed E-state index contributed by atoms with van der Waals surface area (Å²) >= 11 is 6.14. The number of hydrogen-bond acceptors (Lipinski definition) is 8. The molecule has 4 aromatic carbocycles. The lowest BCUT2D eigenvalue weighted by atomic mass is 9.49. The van der Waals surface area contributed by atoms with Crippen molar-refractivity contribution >= 4 is 46.6 Å². The van der Waals surface area contributed by atoms with Gasteiger partial charge < -0.3 is 14.6 Å². The van der Waals surface area contributed by atoms with Crippen molar-refractivity contribution in [1.82, 2.24) is 5.01 Å². The fourth-order valence-electron chi connectivity index (χ4n) is 9.07. The Morgan fingerprint density at radius 3 is 2.23 bits per heavy atom. The number of carbonyl (C=O) groups excluding carboxylic acids is 4. The van der Waals surface area contributed by atoms with E-state index in [2.05, 4.69) is 5.43 Å². The molecule has 0 unspecified atom stereocenters. The highest BCUT2D eigenvalue weighted by Crippen LogP contribution is 2.66. The number of phenols is 1. The Hall–Kier alpha value is -5.61. The van der Waals surface area contributed by atoms with Crippen LogP contribution in [0, 0.1) is 30.6 Å². The molecule has 2 N–H and O–H groups in total. The molecule has 3 fully saturated rings. The van der Waals surface area contributed by atoms with E-state index >= 15 is 4.79 Å². The molecule has 2 aliphatic heterocycles. The molecule has 8 rings (SSSR count). The summed E-state index contributed by atoms with van der Waals surface area (Å²) in [7, 11) is 2.94. The topological polar surface area (TPSA) is 125 Å². The number of phenolic OH excluding ortho intramolecular Hbond substituents is 1. The predicted molar refractivity (Wildman–Crippen MR) is 194 cm³/mol. The molecule has 6 atom stereocenters. The maximum Gasteiger partial charge on any atom is 0.260 e. The highest BCUT2D eigenvalue weighted by molar-refractivity contribution is 6.31. The minimum absolute atomic E-state index is 0.113. The van der Waals surface area contributed by atoms with E-state index in [0.29, 0.717) is 33.3 Å². The van der Waals surface area contributed by atoms with Crippen LogP contribution < -0.4 is 19.8 Å². The number of aromatic hydroxyl groups is 1. The average molecular weight is 718 g/mol. The van der Waals surface area contributed by atoms with Crippen LogP contribution in [0.4, 0.5) is 11.4 Å². The summed E-state index contributed by atoms with van der Waals surface area (Å²) in [6.07, 6.45) is 2.27. The van der Waals surface area contributed by atoms with Crippen molar-refractivity contribution in [2.24, 2.45) is 23.7 Å². The molecular weight excluding hydrogens is 682 g/mol. The van der Waals surface area contributed by atoms with Gasteiger partial charge in [0, 0.05) is 28.6 Å². The number of imide groups is 2. The number of methoxy groups -OCH3 is 2. The van der Waals surface area contributed by atoms with Crippen LogP contribution in [-0.4, -0.2) is 48.0 Å². The summed E-state index contributed by atoms with van der Waals surface area (Å²) in [6, 6.07) is 26.1. The zero-order chi connectivity index (χ0) is 36.5. The van der Waals surface area contributed by atoms with Gasteiger partial charge in [0.1, 0.15) is 17.2 Å². The van der Waals surface area contributed by atoms with E-state index in [0.717, 1.165) is 10.6 Å². The van der Waals surface area contributed by atoms with Crippen LogP contribution in [0.3, 0.4) is 0 Å². The van der Waals surface area contributed by atoms with Crippen LogP contribution in [0.1, 0.15) is 35.4 Å². The van der Waals surface area contributed by atoms with Crippen molar-refractivity contribution in [3.05, 3.63) is 124 Å². The van der Waals surface area contributed by atoms with E-state index in [-0.39, 0.29) is 41.7 Å². The number of amides is 4. The average Bonchev–Trinajstić information content (AvgIpc) is 3.53. The lowest BCUT2D eigenvalue weighted by molar-refractivity contribution is -0.138. The van der Waals surface area contributed by atoms with Gasteiger partial charge in [-0.15, -0.1) is 0 Å². The van der Waals surface area contributed by atoms with E-state index in [4.69, 9.17) is 21.1 Å². The molecule has 264 valence electrons. The summed E-state index contributed by atoms with van der Waals surface area (Å²) in [6.45, 7) is 1.94. The van der Waals surface area contributed by atoms with E-state index < -0.39 is 46.8 Å². The van der Waals surface area contributed by atoms with Crippen LogP contribution in [0.2, 0.25) is 5.02 Å². The molecule has 4 aliphatic rings. The SMILES string of the molecule is COc1cc(O)c([C@H]2C3=CC[C@@H]4C(=O)N(c5ccc(Cl)cc5)C(=O)[C@@H]4[C@@H]3C[C@H]3C(=O)N(Nc4ccc(C)cc4)C(=O)[C@@]23c2ccccc2)c(OC)c1. The van der Waals surface area contributed by atoms with Crippen LogP contribution in [-0.2, 0) is 24.6 Å². The molecule has 52 heavy (non-hydrogen) atoms. The first-order chi connectivity index (χ1) is 25.1. The van der Waals surface area contributed by atoms with E-state index in [9.17, 15) is 19.5 Å². The van der Waals surface area contributed by atoms with Gasteiger partial charge in [-0.2, -0.15) is 5.01 Å². The molecule has 0 aromatic heterocycles. The van der Waals surface area contributed by atoms with Gasteiger partial charge in [0.25, 0.3) is 11.8 Å². The summed E-state index contributed by atoms with van der Waals surface area (Å²) < 4.78 is 11.4. The number of aryl methyl sites for hydroxylation is 1. The Balaban J connectivity index is 1.35. The number of ether oxygens (including phenoxy) is 2. The number of hydrogen-bond donors (Lipinski definition) is 2. The second-order valence-corrected chi connectivity index (χ2v) is 14.3. The third-order valence-electron chi connectivity index (χ3n) is 11.3. The molecule has 4 amide bonds. The molecule has 2 heterocycles. The largest absolute Gasteiger partial charge is 0.507 e. The molecule has 11 heteroatoms. The fraction of sp³-hybridized carbons (Fsp3) is 0.268. The second-order valence-electron chi connectivity index (χ2n) is 13.8. The first-order valence-corrected chi connectivity index (χ1v) is 17.5. The van der Waals surface area contributed by atoms with Gasteiger partial charge in [0.05, 0.1) is 48.8 Å². The lowest BCUT2D eigenvalue weighted by Crippen LogP contribution is -2.53. The monoisotopic (exact) mass is 717 g/mol. The minimum atomic E-state index is -1.58. The molecule has 4 aromatic rings. The predicted octanol–water partition coefficient (Wildman–Crippen LogP) is 6.56. The first kappa shape index (κ1) is 33.5. The Bertz CT molecular complexity index is 2150. The standard InChI is InChI=1S/C41H36ClN3O7/c1-22-9-13-25(14-10-22)43-45-38(48)31-21-30-28(17-18-29-34(30)39(49)44(37(29)47)26-15-11-24(42)12-16-26)36(35-32(46)19-27(51-2)20-33(35)52-3)41(31,40(45)50)23-7-5-4-6-8-23/h4-17,19-20,29-31,34,36,43,46H,18,21H2,1-3H3/t29-,30+,31-,34-,36+,41+/m0/s1. The third kappa shape index (κ3) is 4.84. The van der Waals surface area contributed by atoms with Crippen LogP contribution >= 0.6 is 11.6 Å². The van der Waals surface area contributed by atoms with Crippen molar-refractivity contribution in [3.63, 3.8) is 0 Å². The van der Waals surface area contributed by atoms with Crippen molar-refractivity contribution in [1.29, 1.82) is 0 Å². The molecule has 2 saturated heterocycles. The Labute approximate surface area is 305 Å². The van der Waals surface area contributed by atoms with E-state index in [1.807, 2.05) is 55.5 Å². The number of anilines is 2. The number of carbonyl (C=O) groups is 4. The number of halogens is 1. The molecule has 0 radical (unpaired) electrons. The number of benzene rings is 4. The third-order valence-corrected chi connectivity index (χ3v) is 11.6. The van der Waals surface area contributed by atoms with Gasteiger partial charge in [0.15, 0.2) is 0 Å². The number of hydrazine groups is 1. The maximum absolute atomic E-state index is 15.4. The van der Waals surface area contributed by atoms with Crippen molar-refractivity contribution in [2.75, 3.05) is 24.5 Å². The van der Waals surface area contributed by atoms with Gasteiger partial charge in [-0.1, -0.05) is 71.3 Å². The second kappa shape index (κ2) is 12.6. The Morgan fingerprint density at radius 2 is 1.56 bits per heavy atom. The molecule has 10 nitrogen and oxygen atoms in total. The Kier molecular flexibility index (Phi) is 8.10. The summed E-state index contributed by atoms with van der Waals surface area (Å²) in [5, 5.41) is 13.4. The normalized spacial score (nSPS) is 26.5. The van der Waals surface area contributed by atoms with Gasteiger partial charge in [-0.25, -0.2) is 0 Å². The summed E-state index contributed by atoms with van der Waals surface area (Å²) in [5.74, 6) is -5.38. The zero-order valence-corrected chi connectivity index (χ0v) is 29.5. The van der Waals surface area contributed by atoms with Gasteiger partial charge in [0.2, 0.25) is 11.8 Å². The van der Waals surface area contributed by atoms with Gasteiger partial charge >= 0.3 is 0 Å². The maximum atomic E-state index is 15.4. The molecular formula is C41H36ClN3O7. The zero-order valence-electron chi connectivity index (χ0n) is 28.7. The first-order valence-electron chi connectivity index (χ1n) is 17.2. The van der Waals surface area contributed by atoms with Crippen LogP contribution in [0.15, 0.2) is 103 Å². The highest BCUT2D eigenvalue weighted by Gasteiger charge is 2.71. The number of nitrogens with zero attached hydrogens (tertiary/aromatic N) is 2. The smallest absolute Gasteiger partial charge is 0.260 e. The van der Waals surface area contributed by atoms with Crippen LogP contribution in [0.25, 0.3) is 0 Å². The lowest BCUT2D eigenvalue weighted by Gasteiger charge is -2.50. The summed E-state index contributed by atoms with van der Waals surface area (Å²) in [4.78, 5) is 60.0. The van der Waals surface area contributed by atoms with Crippen molar-refractivity contribution in [2.45, 2.75) is 31.1 Å². The van der Waals surface area contributed by atoms with Gasteiger partial charge in [-0.05, 0) is 67.6 Å². The summed E-state index contributed by atoms with van der Waals surface area (Å²) in [5.41, 5.74) is 5.04. The van der Waals surface area contributed by atoms with E-state index in [1.54, 1.807) is 42.5 Å². The molecule has 0 spiro atoms. The molecule has 1 saturated carbocycles. The van der Waals surface area contributed by atoms with Crippen molar-refractivity contribution in [3.8, 4) is 17.2 Å². The number of rotatable bonds is 7. The Morgan fingerprint density at radius 1 is 0.846 bits per heavy atom. The van der Waals surface area contributed by atoms with Gasteiger partial charge in [-0.3, -0.25) is 29.5 Å². The highest BCUT2D eigenvalue weighted by atomic mass is 35.5. The fourth-order valence-corrected chi connectivity index (χ4v) is 9.20. The number of fused-ring (bicyclic) bond motifs is 4. The molecule has 0 bridgehead atoms. The number of allylic oxidation sites excluding steroid dienone is 2. The van der Waals surface area contributed by atoms with E-state index in [1.165, 1.54) is 25.2 Å². The number of nitrogens with one attached hydrogen (secondary N) is 1. The molecule has 2 aliphatic carbocycles. The quantitative estimate of drug-likeness (QED) is 0.163. The van der Waals surface area contributed by atoms with Crippen LogP contribution in [0.5, 0.6) is 17.2 Å². The van der Waals surface area contributed by atoms with Crippen molar-refractivity contribution < 1.29 is 33.8 Å².